The number of aliphatic hydroxyl groups excluding tert-OH is 1. The Labute approximate surface area is 198 Å². The van der Waals surface area contributed by atoms with Crippen LogP contribution in [0.5, 0.6) is 0 Å². The van der Waals surface area contributed by atoms with Crippen molar-refractivity contribution in [1.82, 2.24) is 16.0 Å². The molecule has 1 aliphatic rings. The number of aliphatic hydroxyl groups is 1. The SMILES string of the molecule is CC(C)(C)CC(NC(=O)/C=C/c1ccc(Cl)cc1Cl)C(=O)NC(CO)CC1CCNC1=O. The molecule has 1 fully saturated rings. The van der Waals surface area contributed by atoms with Crippen LogP contribution in [0.2, 0.25) is 10.0 Å². The number of hydrogen-bond donors (Lipinski definition) is 4. The van der Waals surface area contributed by atoms with Crippen molar-refractivity contribution in [3.8, 4) is 0 Å². The van der Waals surface area contributed by atoms with Gasteiger partial charge in [0, 0.05) is 28.6 Å². The van der Waals surface area contributed by atoms with Crippen LogP contribution in [0.1, 0.15) is 45.6 Å². The summed E-state index contributed by atoms with van der Waals surface area (Å²) in [5, 5.41) is 18.9. The number of benzene rings is 1. The van der Waals surface area contributed by atoms with Gasteiger partial charge in [0.05, 0.1) is 12.6 Å². The van der Waals surface area contributed by atoms with Crippen LogP contribution >= 0.6 is 23.2 Å². The minimum atomic E-state index is -0.806. The third-order valence-electron chi connectivity index (χ3n) is 5.12. The lowest BCUT2D eigenvalue weighted by Crippen LogP contribution is -2.52. The molecule has 1 heterocycles. The minimum absolute atomic E-state index is 0.0664. The topological polar surface area (TPSA) is 108 Å². The molecule has 0 aliphatic carbocycles. The largest absolute Gasteiger partial charge is 0.394 e. The highest BCUT2D eigenvalue weighted by Gasteiger charge is 2.31. The number of hydrogen-bond acceptors (Lipinski definition) is 4. The van der Waals surface area contributed by atoms with Crippen molar-refractivity contribution in [3.05, 3.63) is 39.9 Å². The molecule has 1 saturated heterocycles. The quantitative estimate of drug-likeness (QED) is 0.405. The fourth-order valence-electron chi connectivity index (χ4n) is 3.54. The first kappa shape index (κ1) is 26.2. The molecular formula is C23H31Cl2N3O4. The number of rotatable bonds is 9. The monoisotopic (exact) mass is 483 g/mol. The fourth-order valence-corrected chi connectivity index (χ4v) is 4.01. The fraction of sp³-hybridized carbons (Fsp3) is 0.522. The first-order chi connectivity index (χ1) is 15.0. The predicted molar refractivity (Wildman–Crippen MR) is 126 cm³/mol. The summed E-state index contributed by atoms with van der Waals surface area (Å²) >= 11 is 12.0. The molecule has 0 saturated carbocycles. The maximum atomic E-state index is 12.9. The number of carbonyl (C=O) groups excluding carboxylic acids is 3. The van der Waals surface area contributed by atoms with Gasteiger partial charge in [-0.1, -0.05) is 50.0 Å². The third kappa shape index (κ3) is 8.45. The van der Waals surface area contributed by atoms with E-state index in [9.17, 15) is 19.5 Å². The number of amides is 3. The standard InChI is InChI=1S/C23H31Cl2N3O4/c1-23(2,3)12-19(22(32)27-17(13-29)10-15-8-9-26-21(15)31)28-20(30)7-5-14-4-6-16(24)11-18(14)25/h4-7,11,15,17,19,29H,8-10,12-13H2,1-3H3,(H,26,31)(H,27,32)(H,28,30)/b7-5+. The molecule has 176 valence electrons. The van der Waals surface area contributed by atoms with Crippen LogP contribution in [0.4, 0.5) is 0 Å². The van der Waals surface area contributed by atoms with E-state index in [1.54, 1.807) is 24.3 Å². The summed E-state index contributed by atoms with van der Waals surface area (Å²) in [4.78, 5) is 37.3. The van der Waals surface area contributed by atoms with E-state index in [0.29, 0.717) is 41.4 Å². The highest BCUT2D eigenvalue weighted by molar-refractivity contribution is 6.35. The Morgan fingerprint density at radius 1 is 1.28 bits per heavy atom. The molecule has 0 radical (unpaired) electrons. The predicted octanol–water partition coefficient (Wildman–Crippen LogP) is 2.93. The van der Waals surface area contributed by atoms with Gasteiger partial charge < -0.3 is 21.1 Å². The highest BCUT2D eigenvalue weighted by Crippen LogP contribution is 2.23. The summed E-state index contributed by atoms with van der Waals surface area (Å²) in [5.74, 6) is -1.15. The second-order valence-corrected chi connectivity index (χ2v) is 10.1. The van der Waals surface area contributed by atoms with E-state index >= 15 is 0 Å². The maximum Gasteiger partial charge on any atom is 0.244 e. The molecule has 0 aromatic heterocycles. The lowest BCUT2D eigenvalue weighted by atomic mass is 9.87. The zero-order chi connectivity index (χ0) is 23.9. The van der Waals surface area contributed by atoms with E-state index in [0.717, 1.165) is 0 Å². The van der Waals surface area contributed by atoms with Crippen LogP contribution in [-0.2, 0) is 14.4 Å². The number of halogens is 2. The van der Waals surface area contributed by atoms with Gasteiger partial charge in [0.1, 0.15) is 6.04 Å². The van der Waals surface area contributed by atoms with E-state index in [-0.39, 0.29) is 23.8 Å². The molecule has 0 spiro atoms. The Kier molecular flexibility index (Phi) is 9.55. The maximum absolute atomic E-state index is 12.9. The summed E-state index contributed by atoms with van der Waals surface area (Å²) in [6, 6.07) is 3.56. The lowest BCUT2D eigenvalue weighted by Gasteiger charge is -2.28. The van der Waals surface area contributed by atoms with Crippen LogP contribution in [0.25, 0.3) is 6.08 Å². The van der Waals surface area contributed by atoms with Crippen LogP contribution in [0, 0.1) is 11.3 Å². The number of nitrogens with one attached hydrogen (secondary N) is 3. The van der Waals surface area contributed by atoms with E-state index in [1.165, 1.54) is 6.08 Å². The van der Waals surface area contributed by atoms with Crippen molar-refractivity contribution in [1.29, 1.82) is 0 Å². The zero-order valence-corrected chi connectivity index (χ0v) is 20.1. The van der Waals surface area contributed by atoms with Gasteiger partial charge in [0.25, 0.3) is 0 Å². The Morgan fingerprint density at radius 2 is 2.00 bits per heavy atom. The van der Waals surface area contributed by atoms with Gasteiger partial charge in [-0.05, 0) is 48.4 Å². The van der Waals surface area contributed by atoms with Crippen molar-refractivity contribution < 1.29 is 19.5 Å². The van der Waals surface area contributed by atoms with Crippen LogP contribution in [0.3, 0.4) is 0 Å². The van der Waals surface area contributed by atoms with Crippen molar-refractivity contribution >= 4 is 47.0 Å². The molecule has 2 rings (SSSR count). The van der Waals surface area contributed by atoms with Gasteiger partial charge >= 0.3 is 0 Å². The van der Waals surface area contributed by atoms with Gasteiger partial charge in [-0.3, -0.25) is 14.4 Å². The molecule has 7 nitrogen and oxygen atoms in total. The second kappa shape index (κ2) is 11.7. The second-order valence-electron chi connectivity index (χ2n) is 9.23. The van der Waals surface area contributed by atoms with Gasteiger partial charge in [-0.15, -0.1) is 0 Å². The molecule has 3 atom stereocenters. The lowest BCUT2D eigenvalue weighted by molar-refractivity contribution is -0.129. The molecule has 9 heteroatoms. The Balaban J connectivity index is 2.05. The highest BCUT2D eigenvalue weighted by atomic mass is 35.5. The molecule has 4 N–H and O–H groups in total. The van der Waals surface area contributed by atoms with Gasteiger partial charge in [0.15, 0.2) is 0 Å². The molecule has 1 aliphatic heterocycles. The average molecular weight is 484 g/mol. The van der Waals surface area contributed by atoms with Gasteiger partial charge in [-0.2, -0.15) is 0 Å². The minimum Gasteiger partial charge on any atom is -0.394 e. The van der Waals surface area contributed by atoms with E-state index in [2.05, 4.69) is 16.0 Å². The Bertz CT molecular complexity index is 867. The number of carbonyl (C=O) groups is 3. The van der Waals surface area contributed by atoms with Crippen molar-refractivity contribution in [2.45, 2.75) is 52.1 Å². The Hall–Kier alpha value is -2.09. The summed E-state index contributed by atoms with van der Waals surface area (Å²) in [6.45, 7) is 6.21. The summed E-state index contributed by atoms with van der Waals surface area (Å²) in [5.41, 5.74) is 0.386. The first-order valence-electron chi connectivity index (χ1n) is 10.6. The molecular weight excluding hydrogens is 453 g/mol. The smallest absolute Gasteiger partial charge is 0.244 e. The first-order valence-corrected chi connectivity index (χ1v) is 11.4. The molecule has 0 bridgehead atoms. The van der Waals surface area contributed by atoms with Crippen LogP contribution in [0.15, 0.2) is 24.3 Å². The molecule has 32 heavy (non-hydrogen) atoms. The Morgan fingerprint density at radius 3 is 2.56 bits per heavy atom. The van der Waals surface area contributed by atoms with E-state index < -0.39 is 23.9 Å². The average Bonchev–Trinajstić information content (AvgIpc) is 3.09. The third-order valence-corrected chi connectivity index (χ3v) is 5.69. The van der Waals surface area contributed by atoms with Gasteiger partial charge in [0.2, 0.25) is 17.7 Å². The van der Waals surface area contributed by atoms with Crippen LogP contribution in [-0.4, -0.2) is 48.1 Å². The summed E-state index contributed by atoms with van der Waals surface area (Å²) < 4.78 is 0. The molecule has 3 unspecified atom stereocenters. The van der Waals surface area contributed by atoms with Crippen molar-refractivity contribution in [2.24, 2.45) is 11.3 Å². The zero-order valence-electron chi connectivity index (χ0n) is 18.6. The molecule has 1 aromatic carbocycles. The van der Waals surface area contributed by atoms with E-state index in [4.69, 9.17) is 23.2 Å². The normalized spacial score (nSPS) is 18.3. The van der Waals surface area contributed by atoms with Crippen molar-refractivity contribution in [2.75, 3.05) is 13.2 Å². The van der Waals surface area contributed by atoms with Gasteiger partial charge in [-0.25, -0.2) is 0 Å². The van der Waals surface area contributed by atoms with E-state index in [1.807, 2.05) is 20.8 Å². The van der Waals surface area contributed by atoms with Crippen molar-refractivity contribution in [3.63, 3.8) is 0 Å². The van der Waals surface area contributed by atoms with Crippen LogP contribution < -0.4 is 16.0 Å². The summed E-state index contributed by atoms with van der Waals surface area (Å²) in [7, 11) is 0. The molecule has 1 aromatic rings. The summed E-state index contributed by atoms with van der Waals surface area (Å²) in [6.07, 6.45) is 4.27. The molecule has 3 amide bonds.